The van der Waals surface area contributed by atoms with Crippen molar-refractivity contribution >= 4 is 23.9 Å². The number of hydrogen-bond donors (Lipinski definition) is 4. The van der Waals surface area contributed by atoms with Gasteiger partial charge in [-0.2, -0.15) is 4.39 Å². The molecule has 0 radical (unpaired) electrons. The summed E-state index contributed by atoms with van der Waals surface area (Å²) in [6, 6.07) is 14.8. The summed E-state index contributed by atoms with van der Waals surface area (Å²) in [6.07, 6.45) is 2.91. The van der Waals surface area contributed by atoms with Crippen LogP contribution in [-0.2, 0) is 27.3 Å². The van der Waals surface area contributed by atoms with Crippen LogP contribution < -0.4 is 15.4 Å². The second kappa shape index (κ2) is 16.9. The topological polar surface area (TPSA) is 131 Å². The molecule has 10 nitrogen and oxygen atoms in total. The first-order valence-electron chi connectivity index (χ1n) is 17.7. The molecule has 1 aliphatic carbocycles. The summed E-state index contributed by atoms with van der Waals surface area (Å²) in [4.78, 5) is 40.1. The van der Waals surface area contributed by atoms with Gasteiger partial charge < -0.3 is 35.4 Å². The first kappa shape index (κ1) is 38.0. The van der Waals surface area contributed by atoms with Crippen molar-refractivity contribution in [2.24, 2.45) is 0 Å². The highest BCUT2D eigenvalue weighted by Crippen LogP contribution is 2.38. The highest BCUT2D eigenvalue weighted by molar-refractivity contribution is 6.03. The van der Waals surface area contributed by atoms with E-state index >= 15 is 0 Å². The standard InChI is InChI=1S/C38H40F4N4O4.CH2O2/c39-29-6-2-1-5-24(29)19-46(26-11-12-26)38(49)34-28(16-25-20-45(21-33(34)44-25)37(48)32-17-27(47)18-43-32)23-9-7-22(8-10-23)4-3-15-50-36-31(41)14-13-30(40)35(36)42;2-1-3/h1-2,5-10,13-14,25-27,32-33,43-44,47H,3-4,11-12,15-21H2;1H,(H,2,3)/t25-,27-,32?,33-;/m1./s1. The average Bonchev–Trinajstić information content (AvgIpc) is 3.90. The van der Waals surface area contributed by atoms with E-state index in [0.717, 1.165) is 35.6 Å². The number of hydrogen-bond acceptors (Lipinski definition) is 7. The van der Waals surface area contributed by atoms with Crippen molar-refractivity contribution in [3.8, 4) is 5.75 Å². The Bertz CT molecular complexity index is 1840. The molecule has 2 saturated heterocycles. The van der Waals surface area contributed by atoms with Crippen LogP contribution in [0, 0.1) is 23.3 Å². The smallest absolute Gasteiger partial charge is 0.290 e. The molecule has 3 fully saturated rings. The third-order valence-corrected chi connectivity index (χ3v) is 10.1. The molecule has 3 aromatic carbocycles. The number of aliphatic hydroxyl groups is 1. The van der Waals surface area contributed by atoms with Crippen LogP contribution in [0.15, 0.2) is 66.2 Å². The van der Waals surface area contributed by atoms with Gasteiger partial charge in [0.25, 0.3) is 12.4 Å². The Morgan fingerprint density at radius 1 is 0.962 bits per heavy atom. The van der Waals surface area contributed by atoms with E-state index in [9.17, 15) is 32.3 Å². The number of ether oxygens (including phenoxy) is 1. The number of nitrogens with one attached hydrogen (secondary N) is 2. The number of nitrogens with zero attached hydrogens (tertiary/aromatic N) is 2. The maximum atomic E-state index is 14.8. The molecule has 4 atom stereocenters. The minimum absolute atomic E-state index is 0.00185. The molecule has 3 aromatic rings. The molecule has 3 heterocycles. The predicted molar refractivity (Wildman–Crippen MR) is 186 cm³/mol. The van der Waals surface area contributed by atoms with Crippen molar-refractivity contribution in [2.75, 3.05) is 26.2 Å². The van der Waals surface area contributed by atoms with Crippen molar-refractivity contribution < 1.29 is 46.9 Å². The molecule has 3 aliphatic heterocycles. The van der Waals surface area contributed by atoms with Gasteiger partial charge in [0.05, 0.1) is 24.8 Å². The van der Waals surface area contributed by atoms with Crippen LogP contribution in [0.3, 0.4) is 0 Å². The van der Waals surface area contributed by atoms with E-state index < -0.39 is 41.4 Å². The molecule has 1 saturated carbocycles. The zero-order valence-electron chi connectivity index (χ0n) is 28.9. The molecule has 53 heavy (non-hydrogen) atoms. The lowest BCUT2D eigenvalue weighted by molar-refractivity contribution is -0.136. The number of rotatable bonds is 11. The highest BCUT2D eigenvalue weighted by Gasteiger charge is 2.44. The average molecular weight is 739 g/mol. The molecular formula is C39H42F4N4O6. The fraction of sp³-hybridized carbons (Fsp3) is 0.410. The summed E-state index contributed by atoms with van der Waals surface area (Å²) in [5.74, 6) is -4.85. The normalized spacial score (nSPS) is 22.2. The van der Waals surface area contributed by atoms with Gasteiger partial charge in [0, 0.05) is 49.4 Å². The van der Waals surface area contributed by atoms with Gasteiger partial charge in [-0.25, -0.2) is 13.2 Å². The lowest BCUT2D eigenvalue weighted by Gasteiger charge is -2.45. The van der Waals surface area contributed by atoms with Gasteiger partial charge in [-0.3, -0.25) is 14.4 Å². The number of amides is 2. The summed E-state index contributed by atoms with van der Waals surface area (Å²) in [5, 5.41) is 23.6. The summed E-state index contributed by atoms with van der Waals surface area (Å²) in [5.41, 5.74) is 3.72. The van der Waals surface area contributed by atoms with Crippen molar-refractivity contribution in [3.05, 3.63) is 106 Å². The minimum Gasteiger partial charge on any atom is -0.488 e. The Kier molecular flexibility index (Phi) is 12.1. The fourth-order valence-corrected chi connectivity index (χ4v) is 7.35. The number of halogens is 4. The monoisotopic (exact) mass is 738 g/mol. The number of carbonyl (C=O) groups is 3. The molecule has 282 valence electrons. The Labute approximate surface area is 304 Å². The maximum Gasteiger partial charge on any atom is 0.290 e. The molecule has 7 rings (SSSR count). The van der Waals surface area contributed by atoms with Crippen molar-refractivity contribution in [2.45, 2.75) is 75.3 Å². The number of fused-ring (bicyclic) bond motifs is 2. The number of carboxylic acid groups (broad SMARTS) is 1. The van der Waals surface area contributed by atoms with Gasteiger partial charge >= 0.3 is 0 Å². The Morgan fingerprint density at radius 2 is 1.68 bits per heavy atom. The van der Waals surface area contributed by atoms with Crippen molar-refractivity contribution in [3.63, 3.8) is 0 Å². The van der Waals surface area contributed by atoms with Crippen LogP contribution in [0.2, 0.25) is 0 Å². The molecule has 2 bridgehead atoms. The largest absolute Gasteiger partial charge is 0.488 e. The Balaban J connectivity index is 0.00000155. The van der Waals surface area contributed by atoms with Gasteiger partial charge in [0.1, 0.15) is 5.82 Å². The van der Waals surface area contributed by atoms with Crippen molar-refractivity contribution in [1.29, 1.82) is 0 Å². The number of piperazine rings is 1. The van der Waals surface area contributed by atoms with Crippen LogP contribution >= 0.6 is 0 Å². The molecule has 4 N–H and O–H groups in total. The number of aryl methyl sites for hydroxylation is 1. The van der Waals surface area contributed by atoms with E-state index in [2.05, 4.69) is 10.6 Å². The van der Waals surface area contributed by atoms with Crippen LogP contribution in [0.1, 0.15) is 48.8 Å². The zero-order valence-corrected chi connectivity index (χ0v) is 28.9. The number of aliphatic hydroxyl groups excluding tert-OH is 1. The predicted octanol–water partition coefficient (Wildman–Crippen LogP) is 4.20. The van der Waals surface area contributed by atoms with Gasteiger partial charge in [0.15, 0.2) is 17.4 Å². The zero-order chi connectivity index (χ0) is 37.6. The van der Waals surface area contributed by atoms with Crippen LogP contribution in [0.25, 0.3) is 5.57 Å². The van der Waals surface area contributed by atoms with Crippen molar-refractivity contribution in [1.82, 2.24) is 20.4 Å². The second-order valence-electron chi connectivity index (χ2n) is 13.8. The maximum absolute atomic E-state index is 14.8. The Hall–Kier alpha value is -4.79. The summed E-state index contributed by atoms with van der Waals surface area (Å²) in [6.45, 7) is 0.988. The van der Waals surface area contributed by atoms with Gasteiger partial charge in [-0.1, -0.05) is 42.5 Å². The minimum atomic E-state index is -1.35. The second-order valence-corrected chi connectivity index (χ2v) is 13.8. The first-order chi connectivity index (χ1) is 25.6. The van der Waals surface area contributed by atoms with Crippen LogP contribution in [0.5, 0.6) is 5.75 Å². The van der Waals surface area contributed by atoms with E-state index in [4.69, 9.17) is 14.6 Å². The lowest BCUT2D eigenvalue weighted by Crippen LogP contribution is -2.63. The van der Waals surface area contributed by atoms with E-state index in [1.165, 1.54) is 6.07 Å². The van der Waals surface area contributed by atoms with Gasteiger partial charge in [-0.05, 0) is 73.4 Å². The molecule has 1 unspecified atom stereocenters. The SMILES string of the molecule is O=C(C1C[C@@H](O)CN1)N1C[C@H]2CC(c3ccc(CCCOc4c(F)ccc(F)c4F)cc3)=C(C(=O)N(Cc3ccccc3F)C3CC3)[C@@H](C1)N2.O=CO. The fourth-order valence-electron chi connectivity index (χ4n) is 7.35. The summed E-state index contributed by atoms with van der Waals surface area (Å²) < 4.78 is 61.4. The molecular weight excluding hydrogens is 696 g/mol. The third kappa shape index (κ3) is 8.89. The van der Waals surface area contributed by atoms with Gasteiger partial charge in [0.2, 0.25) is 11.7 Å². The van der Waals surface area contributed by atoms with E-state index in [1.54, 1.807) is 28.0 Å². The van der Waals surface area contributed by atoms with E-state index in [0.29, 0.717) is 56.0 Å². The van der Waals surface area contributed by atoms with Crippen LogP contribution in [0.4, 0.5) is 17.6 Å². The number of carbonyl (C=O) groups excluding carboxylic acids is 2. The first-order valence-corrected chi connectivity index (χ1v) is 17.7. The summed E-state index contributed by atoms with van der Waals surface area (Å²) >= 11 is 0. The quantitative estimate of drug-likeness (QED) is 0.0998. The third-order valence-electron chi connectivity index (χ3n) is 10.1. The Morgan fingerprint density at radius 3 is 2.36 bits per heavy atom. The van der Waals surface area contributed by atoms with Gasteiger partial charge in [-0.15, -0.1) is 0 Å². The molecule has 14 heteroatoms. The molecule has 2 amide bonds. The highest BCUT2D eigenvalue weighted by atomic mass is 19.2. The lowest BCUT2D eigenvalue weighted by atomic mass is 9.82. The summed E-state index contributed by atoms with van der Waals surface area (Å²) in [7, 11) is 0. The molecule has 0 spiro atoms. The molecule has 4 aliphatic rings. The van der Waals surface area contributed by atoms with E-state index in [-0.39, 0.29) is 55.9 Å². The number of β-amino-alcohol motifs (C(OH)–C–C–N with tert-alkyl or cyclic N) is 1. The van der Waals surface area contributed by atoms with Crippen LogP contribution in [-0.4, -0.2) is 94.8 Å². The van der Waals surface area contributed by atoms with E-state index in [1.807, 2.05) is 24.3 Å². The number of benzene rings is 3. The molecule has 0 aromatic heterocycles.